The summed E-state index contributed by atoms with van der Waals surface area (Å²) in [6.45, 7) is 0. The number of anilines is 1. The van der Waals surface area contributed by atoms with Crippen molar-refractivity contribution in [1.29, 1.82) is 0 Å². The minimum Gasteiger partial charge on any atom is -0.550 e. The molecule has 0 aromatic carbocycles. The van der Waals surface area contributed by atoms with E-state index in [1.807, 2.05) is 0 Å². The maximum absolute atomic E-state index is 12.1. The highest BCUT2D eigenvalue weighted by molar-refractivity contribution is 5.94. The third kappa shape index (κ3) is 2.85. The second-order valence-corrected chi connectivity index (χ2v) is 4.55. The molecule has 1 fully saturated rings. The van der Waals surface area contributed by atoms with Gasteiger partial charge in [-0.3, -0.25) is 9.78 Å². The summed E-state index contributed by atoms with van der Waals surface area (Å²) in [6.07, 6.45) is 6.00. The fourth-order valence-corrected chi connectivity index (χ4v) is 2.40. The Bertz CT molecular complexity index is 433. The molecule has 5 heteroatoms. The number of rotatable bonds is 3. The van der Waals surface area contributed by atoms with Gasteiger partial charge in [-0.2, -0.15) is 0 Å². The molecular weight excluding hydrogens is 232 g/mol. The van der Waals surface area contributed by atoms with E-state index in [4.69, 9.17) is 0 Å². The first-order valence-electron chi connectivity index (χ1n) is 6.10. The topological polar surface area (TPSA) is 82.1 Å². The van der Waals surface area contributed by atoms with Crippen molar-refractivity contribution in [3.8, 4) is 0 Å². The normalized spacial score (nSPS) is 23.3. The van der Waals surface area contributed by atoms with E-state index in [1.54, 1.807) is 18.3 Å². The molecule has 0 bridgehead atoms. The Morgan fingerprint density at radius 1 is 1.28 bits per heavy atom. The van der Waals surface area contributed by atoms with Crippen molar-refractivity contribution in [2.75, 3.05) is 5.32 Å². The third-order valence-corrected chi connectivity index (χ3v) is 3.33. The van der Waals surface area contributed by atoms with Crippen molar-refractivity contribution in [1.82, 2.24) is 4.98 Å². The minimum absolute atomic E-state index is 0.253. The fraction of sp³-hybridized carbons (Fsp3) is 0.462. The van der Waals surface area contributed by atoms with Crippen LogP contribution >= 0.6 is 0 Å². The van der Waals surface area contributed by atoms with Gasteiger partial charge in [0.1, 0.15) is 0 Å². The van der Waals surface area contributed by atoms with Crippen LogP contribution in [0.4, 0.5) is 5.69 Å². The third-order valence-electron chi connectivity index (χ3n) is 3.33. The van der Waals surface area contributed by atoms with Crippen LogP contribution in [0.25, 0.3) is 0 Å². The first-order chi connectivity index (χ1) is 8.68. The number of carbonyl (C=O) groups is 2. The van der Waals surface area contributed by atoms with Gasteiger partial charge in [0.15, 0.2) is 0 Å². The molecule has 96 valence electrons. The van der Waals surface area contributed by atoms with Crippen LogP contribution in [0, 0.1) is 11.8 Å². The zero-order valence-corrected chi connectivity index (χ0v) is 9.96. The van der Waals surface area contributed by atoms with Gasteiger partial charge in [-0.15, -0.1) is 0 Å². The van der Waals surface area contributed by atoms with E-state index in [1.165, 1.54) is 6.20 Å². The monoisotopic (exact) mass is 247 g/mol. The van der Waals surface area contributed by atoms with Gasteiger partial charge in [-0.1, -0.05) is 12.8 Å². The molecule has 0 aliphatic heterocycles. The van der Waals surface area contributed by atoms with Crippen LogP contribution in [-0.4, -0.2) is 16.9 Å². The van der Waals surface area contributed by atoms with Gasteiger partial charge in [0.2, 0.25) is 5.91 Å². The van der Waals surface area contributed by atoms with E-state index in [0.29, 0.717) is 18.5 Å². The lowest BCUT2D eigenvalue weighted by Gasteiger charge is -2.31. The molecule has 1 aromatic rings. The average molecular weight is 247 g/mol. The van der Waals surface area contributed by atoms with Gasteiger partial charge in [-0.05, 0) is 25.0 Å². The summed E-state index contributed by atoms with van der Waals surface area (Å²) >= 11 is 0. The smallest absolute Gasteiger partial charge is 0.228 e. The summed E-state index contributed by atoms with van der Waals surface area (Å²) in [5.74, 6) is -2.54. The zero-order valence-electron chi connectivity index (χ0n) is 9.96. The molecule has 1 saturated carbocycles. The molecule has 1 heterocycles. The van der Waals surface area contributed by atoms with E-state index >= 15 is 0 Å². The molecule has 0 radical (unpaired) electrons. The molecule has 0 unspecified atom stereocenters. The Labute approximate surface area is 105 Å². The zero-order chi connectivity index (χ0) is 13.0. The van der Waals surface area contributed by atoms with E-state index < -0.39 is 17.8 Å². The Hall–Kier alpha value is -1.91. The lowest BCUT2D eigenvalue weighted by Crippen LogP contribution is -2.42. The Morgan fingerprint density at radius 3 is 2.61 bits per heavy atom. The standard InChI is InChI=1S/C13H16N2O3/c16-12(15-9-4-3-7-14-8-9)10-5-1-2-6-11(10)13(17)18/h3-4,7-8,10-11H,1-2,5-6H2,(H,15,16)(H,17,18)/p-1/t10-,11+/m1/s1. The molecule has 2 rings (SSSR count). The van der Waals surface area contributed by atoms with Crippen LogP contribution in [0.15, 0.2) is 24.5 Å². The minimum atomic E-state index is -1.12. The highest BCUT2D eigenvalue weighted by Crippen LogP contribution is 2.30. The number of amides is 1. The molecule has 1 aliphatic carbocycles. The van der Waals surface area contributed by atoms with E-state index in [-0.39, 0.29) is 5.91 Å². The number of nitrogens with zero attached hydrogens (tertiary/aromatic N) is 1. The number of hydrogen-bond acceptors (Lipinski definition) is 4. The number of carboxylic acid groups (broad SMARTS) is 1. The number of aromatic nitrogens is 1. The summed E-state index contributed by atoms with van der Waals surface area (Å²) in [7, 11) is 0. The maximum atomic E-state index is 12.1. The van der Waals surface area contributed by atoms with Crippen molar-refractivity contribution < 1.29 is 14.7 Å². The van der Waals surface area contributed by atoms with Crippen molar-refractivity contribution in [2.24, 2.45) is 11.8 Å². The van der Waals surface area contributed by atoms with Crippen molar-refractivity contribution in [3.05, 3.63) is 24.5 Å². The van der Waals surface area contributed by atoms with Gasteiger partial charge in [0, 0.05) is 24.0 Å². The summed E-state index contributed by atoms with van der Waals surface area (Å²) in [5, 5.41) is 13.7. The number of aliphatic carboxylic acids is 1. The van der Waals surface area contributed by atoms with Gasteiger partial charge in [0.05, 0.1) is 11.9 Å². The molecular formula is C13H15N2O3-. The van der Waals surface area contributed by atoms with Gasteiger partial charge in [-0.25, -0.2) is 0 Å². The first kappa shape index (κ1) is 12.5. The van der Waals surface area contributed by atoms with E-state index in [2.05, 4.69) is 10.3 Å². The maximum Gasteiger partial charge on any atom is 0.228 e. The van der Waals surface area contributed by atoms with E-state index in [0.717, 1.165) is 12.8 Å². The number of carboxylic acids is 1. The van der Waals surface area contributed by atoms with Crippen molar-refractivity contribution >= 4 is 17.6 Å². The summed E-state index contributed by atoms with van der Waals surface area (Å²) in [4.78, 5) is 27.0. The van der Waals surface area contributed by atoms with E-state index in [9.17, 15) is 14.7 Å². The highest BCUT2D eigenvalue weighted by Gasteiger charge is 2.31. The molecule has 0 spiro atoms. The SMILES string of the molecule is O=C([O-])[C@H]1CCCC[C@H]1C(=O)Nc1cccnc1. The second-order valence-electron chi connectivity index (χ2n) is 4.55. The Morgan fingerprint density at radius 2 is 2.00 bits per heavy atom. The van der Waals surface area contributed by atoms with Crippen LogP contribution in [0.5, 0.6) is 0 Å². The fourth-order valence-electron chi connectivity index (χ4n) is 2.40. The van der Waals surface area contributed by atoms with Crippen molar-refractivity contribution in [3.63, 3.8) is 0 Å². The van der Waals surface area contributed by atoms with Crippen LogP contribution in [0.3, 0.4) is 0 Å². The number of carbonyl (C=O) groups excluding carboxylic acids is 2. The van der Waals surface area contributed by atoms with Crippen LogP contribution in [0.2, 0.25) is 0 Å². The summed E-state index contributed by atoms with van der Waals surface area (Å²) in [5.41, 5.74) is 0.588. The van der Waals surface area contributed by atoms with Crippen molar-refractivity contribution in [2.45, 2.75) is 25.7 Å². The Kier molecular flexibility index (Phi) is 3.92. The molecule has 2 atom stereocenters. The van der Waals surface area contributed by atoms with Crippen LogP contribution in [0.1, 0.15) is 25.7 Å². The van der Waals surface area contributed by atoms with Crippen LogP contribution < -0.4 is 10.4 Å². The van der Waals surface area contributed by atoms with Gasteiger partial charge < -0.3 is 15.2 Å². The molecule has 1 aromatic heterocycles. The molecule has 1 aliphatic rings. The molecule has 18 heavy (non-hydrogen) atoms. The molecule has 1 amide bonds. The predicted molar refractivity (Wildman–Crippen MR) is 63.3 cm³/mol. The molecule has 0 saturated heterocycles. The first-order valence-corrected chi connectivity index (χ1v) is 6.10. The Balaban J connectivity index is 2.05. The average Bonchev–Trinajstić information content (AvgIpc) is 2.40. The molecule has 5 nitrogen and oxygen atoms in total. The quantitative estimate of drug-likeness (QED) is 0.846. The highest BCUT2D eigenvalue weighted by atomic mass is 16.4. The van der Waals surface area contributed by atoms with Gasteiger partial charge >= 0.3 is 0 Å². The lowest BCUT2D eigenvalue weighted by molar-refractivity contribution is -0.313. The lowest BCUT2D eigenvalue weighted by atomic mass is 9.78. The largest absolute Gasteiger partial charge is 0.550 e. The molecule has 1 N–H and O–H groups in total. The summed E-state index contributed by atoms with van der Waals surface area (Å²) in [6, 6.07) is 3.44. The summed E-state index contributed by atoms with van der Waals surface area (Å²) < 4.78 is 0. The van der Waals surface area contributed by atoms with Gasteiger partial charge in [0.25, 0.3) is 0 Å². The number of pyridine rings is 1. The number of nitrogens with one attached hydrogen (secondary N) is 1. The predicted octanol–water partition coefficient (Wildman–Crippen LogP) is 0.576. The second kappa shape index (κ2) is 5.62. The van der Waals surface area contributed by atoms with Crippen LogP contribution in [-0.2, 0) is 9.59 Å². The number of hydrogen-bond donors (Lipinski definition) is 1.